The highest BCUT2D eigenvalue weighted by Crippen LogP contribution is 2.23. The minimum atomic E-state index is -0.121. The first-order valence-corrected chi connectivity index (χ1v) is 7.83. The van der Waals surface area contributed by atoms with Crippen LogP contribution in [0.4, 0.5) is 5.82 Å². The molecule has 0 saturated carbocycles. The molecule has 0 fully saturated rings. The number of aryl methyl sites for hydroxylation is 1. The van der Waals surface area contributed by atoms with E-state index >= 15 is 0 Å². The Morgan fingerprint density at radius 2 is 2.00 bits per heavy atom. The Hall–Kier alpha value is -1.88. The summed E-state index contributed by atoms with van der Waals surface area (Å²) in [5, 5.41) is 3.01. The van der Waals surface area contributed by atoms with Gasteiger partial charge in [0, 0.05) is 21.0 Å². The molecule has 3 N–H and O–H groups in total. The largest absolute Gasteiger partial charge is 0.384 e. The van der Waals surface area contributed by atoms with Crippen LogP contribution < -0.4 is 11.1 Å². The maximum absolute atomic E-state index is 12.4. The molecule has 1 atom stereocenters. The van der Waals surface area contributed by atoms with Crippen LogP contribution in [0.2, 0.25) is 0 Å². The number of carbonyl (C=O) groups excluding carboxylic acids is 1. The summed E-state index contributed by atoms with van der Waals surface area (Å²) >= 11 is 1.69. The van der Waals surface area contributed by atoms with E-state index in [2.05, 4.69) is 23.3 Å². The van der Waals surface area contributed by atoms with Crippen molar-refractivity contribution in [3.8, 4) is 0 Å². The fourth-order valence-corrected chi connectivity index (χ4v) is 2.92. The number of amides is 1. The summed E-state index contributed by atoms with van der Waals surface area (Å²) in [6.07, 6.45) is 0. The number of nitrogen functional groups attached to an aromatic ring is 1. The van der Waals surface area contributed by atoms with E-state index in [4.69, 9.17) is 5.73 Å². The van der Waals surface area contributed by atoms with Gasteiger partial charge in [-0.1, -0.05) is 13.8 Å². The number of pyridine rings is 1. The van der Waals surface area contributed by atoms with Gasteiger partial charge in [-0.3, -0.25) is 4.79 Å². The van der Waals surface area contributed by atoms with Gasteiger partial charge >= 0.3 is 0 Å². The molecule has 1 unspecified atom stereocenters. The van der Waals surface area contributed by atoms with Crippen molar-refractivity contribution >= 4 is 23.1 Å². The number of hydrogen-bond acceptors (Lipinski definition) is 4. The van der Waals surface area contributed by atoms with Crippen molar-refractivity contribution in [2.24, 2.45) is 0 Å². The lowest BCUT2D eigenvalue weighted by Crippen LogP contribution is -2.26. The molecule has 0 aromatic carbocycles. The molecule has 2 heterocycles. The summed E-state index contributed by atoms with van der Waals surface area (Å²) in [6, 6.07) is 7.51. The first kappa shape index (κ1) is 15.5. The van der Waals surface area contributed by atoms with Crippen LogP contribution >= 0.6 is 11.3 Å². The number of hydrogen-bond donors (Lipinski definition) is 2. The van der Waals surface area contributed by atoms with Crippen molar-refractivity contribution in [2.75, 3.05) is 5.73 Å². The van der Waals surface area contributed by atoms with E-state index in [0.717, 1.165) is 10.6 Å². The number of nitrogens with two attached hydrogens (primary N) is 1. The Balaban J connectivity index is 2.16. The number of carbonyl (C=O) groups is 1. The third-order valence-corrected chi connectivity index (χ3v) is 4.44. The van der Waals surface area contributed by atoms with Crippen LogP contribution in [0.5, 0.6) is 0 Å². The summed E-state index contributed by atoms with van der Waals surface area (Å²) in [4.78, 5) is 19.0. The van der Waals surface area contributed by atoms with Crippen LogP contribution in [-0.2, 0) is 0 Å². The number of nitrogens with one attached hydrogen (secondary N) is 1. The van der Waals surface area contributed by atoms with Gasteiger partial charge in [-0.05, 0) is 44.0 Å². The second-order valence-corrected chi connectivity index (χ2v) is 6.82. The van der Waals surface area contributed by atoms with Gasteiger partial charge in [-0.2, -0.15) is 0 Å². The van der Waals surface area contributed by atoms with Crippen molar-refractivity contribution in [1.82, 2.24) is 10.3 Å². The van der Waals surface area contributed by atoms with Crippen molar-refractivity contribution < 1.29 is 4.79 Å². The van der Waals surface area contributed by atoms with Crippen LogP contribution in [0.3, 0.4) is 0 Å². The minimum Gasteiger partial charge on any atom is -0.384 e. The number of nitrogens with zero attached hydrogens (tertiary/aromatic N) is 1. The van der Waals surface area contributed by atoms with Gasteiger partial charge in [0.15, 0.2) is 0 Å². The number of anilines is 1. The smallest absolute Gasteiger partial charge is 0.251 e. The second-order valence-electron chi connectivity index (χ2n) is 5.50. The van der Waals surface area contributed by atoms with Crippen LogP contribution in [-0.4, -0.2) is 10.9 Å². The normalized spacial score (nSPS) is 12.4. The fourth-order valence-electron chi connectivity index (χ4n) is 2.04. The summed E-state index contributed by atoms with van der Waals surface area (Å²) in [7, 11) is 0. The zero-order valence-corrected chi connectivity index (χ0v) is 13.6. The molecule has 0 bridgehead atoms. The highest BCUT2D eigenvalue weighted by molar-refractivity contribution is 7.12. The van der Waals surface area contributed by atoms with Crippen LogP contribution in [0, 0.1) is 6.92 Å². The quantitative estimate of drug-likeness (QED) is 0.906. The number of thiophene rings is 1. The summed E-state index contributed by atoms with van der Waals surface area (Å²) in [5.41, 5.74) is 7.19. The third kappa shape index (κ3) is 3.82. The molecule has 2 aromatic rings. The van der Waals surface area contributed by atoms with E-state index in [9.17, 15) is 4.79 Å². The zero-order chi connectivity index (χ0) is 15.6. The zero-order valence-electron chi connectivity index (χ0n) is 12.8. The summed E-state index contributed by atoms with van der Waals surface area (Å²) < 4.78 is 0. The van der Waals surface area contributed by atoms with Gasteiger partial charge in [0.05, 0.1) is 6.04 Å². The van der Waals surface area contributed by atoms with Crippen molar-refractivity contribution in [2.45, 2.75) is 39.7 Å². The number of rotatable bonds is 4. The van der Waals surface area contributed by atoms with E-state index in [0.29, 0.717) is 11.4 Å². The highest BCUT2D eigenvalue weighted by Gasteiger charge is 2.15. The lowest BCUT2D eigenvalue weighted by molar-refractivity contribution is 0.0940. The first-order valence-electron chi connectivity index (χ1n) is 7.01. The van der Waals surface area contributed by atoms with Crippen LogP contribution in [0.15, 0.2) is 24.3 Å². The standard InChI is InChI=1S/C16H21N3OS/c1-9(2)13-7-12(8-15(17)19-13)16(20)18-11(4)14-6-5-10(3)21-14/h5-9,11H,1-4H3,(H2,17,19)(H,18,20). The van der Waals surface area contributed by atoms with E-state index in [1.807, 2.05) is 32.9 Å². The second kappa shape index (κ2) is 6.26. The Labute approximate surface area is 129 Å². The Bertz CT molecular complexity index is 649. The molecule has 21 heavy (non-hydrogen) atoms. The van der Waals surface area contributed by atoms with E-state index < -0.39 is 0 Å². The Kier molecular flexibility index (Phi) is 4.63. The molecule has 0 spiro atoms. The molecule has 0 radical (unpaired) electrons. The monoisotopic (exact) mass is 303 g/mol. The average molecular weight is 303 g/mol. The van der Waals surface area contributed by atoms with E-state index in [-0.39, 0.29) is 17.9 Å². The minimum absolute atomic E-state index is 0.0203. The Morgan fingerprint density at radius 3 is 2.57 bits per heavy atom. The maximum Gasteiger partial charge on any atom is 0.251 e. The Morgan fingerprint density at radius 1 is 1.29 bits per heavy atom. The van der Waals surface area contributed by atoms with Crippen LogP contribution in [0.1, 0.15) is 58.5 Å². The van der Waals surface area contributed by atoms with Crippen molar-refractivity contribution in [1.29, 1.82) is 0 Å². The summed E-state index contributed by atoms with van der Waals surface area (Å²) in [6.45, 7) is 8.10. The molecule has 5 heteroatoms. The van der Waals surface area contributed by atoms with Gasteiger partial charge in [-0.25, -0.2) is 4.98 Å². The predicted molar refractivity (Wildman–Crippen MR) is 87.7 cm³/mol. The molecule has 0 aliphatic heterocycles. The molecule has 112 valence electrons. The summed E-state index contributed by atoms with van der Waals surface area (Å²) in [5.74, 6) is 0.493. The maximum atomic E-state index is 12.4. The number of aromatic nitrogens is 1. The van der Waals surface area contributed by atoms with Crippen LogP contribution in [0.25, 0.3) is 0 Å². The van der Waals surface area contributed by atoms with Gasteiger partial charge in [0.25, 0.3) is 5.91 Å². The highest BCUT2D eigenvalue weighted by atomic mass is 32.1. The van der Waals surface area contributed by atoms with Crippen molar-refractivity contribution in [3.05, 3.63) is 45.3 Å². The topological polar surface area (TPSA) is 68.0 Å². The van der Waals surface area contributed by atoms with Gasteiger partial charge in [0.2, 0.25) is 0 Å². The molecule has 1 amide bonds. The molecule has 0 aliphatic rings. The first-order chi connectivity index (χ1) is 9.86. The fraction of sp³-hybridized carbons (Fsp3) is 0.375. The lowest BCUT2D eigenvalue weighted by atomic mass is 10.1. The lowest BCUT2D eigenvalue weighted by Gasteiger charge is -2.14. The SMILES string of the molecule is Cc1ccc(C(C)NC(=O)c2cc(N)nc(C(C)C)c2)s1. The van der Waals surface area contributed by atoms with E-state index in [1.54, 1.807) is 17.4 Å². The van der Waals surface area contributed by atoms with Gasteiger partial charge in [-0.15, -0.1) is 11.3 Å². The average Bonchev–Trinajstić information content (AvgIpc) is 2.84. The molecular formula is C16H21N3OS. The van der Waals surface area contributed by atoms with Gasteiger partial charge in [0.1, 0.15) is 5.82 Å². The molecular weight excluding hydrogens is 282 g/mol. The van der Waals surface area contributed by atoms with E-state index in [1.165, 1.54) is 4.88 Å². The van der Waals surface area contributed by atoms with Crippen molar-refractivity contribution in [3.63, 3.8) is 0 Å². The predicted octanol–water partition coefficient (Wildman–Crippen LogP) is 3.65. The molecule has 2 rings (SSSR count). The third-order valence-electron chi connectivity index (χ3n) is 3.25. The molecule has 0 aliphatic carbocycles. The molecule has 4 nitrogen and oxygen atoms in total. The molecule has 2 aromatic heterocycles. The van der Waals surface area contributed by atoms with Gasteiger partial charge < -0.3 is 11.1 Å². The molecule has 0 saturated heterocycles.